The molecule has 15 N–H and O–H groups in total. The van der Waals surface area contributed by atoms with Crippen LogP contribution in [0.25, 0.3) is 22.3 Å². The fraction of sp³-hybridized carbons (Fsp3) is 0.543. The number of carbonyl (C=O) groups is 4. The van der Waals surface area contributed by atoms with Crippen molar-refractivity contribution in [2.24, 2.45) is 29.2 Å². The van der Waals surface area contributed by atoms with Gasteiger partial charge in [0.15, 0.2) is 23.6 Å². The van der Waals surface area contributed by atoms with E-state index >= 15 is 0 Å². The van der Waals surface area contributed by atoms with Crippen molar-refractivity contribution in [3.05, 3.63) is 136 Å². The van der Waals surface area contributed by atoms with E-state index in [0.717, 1.165) is 10.9 Å². The highest BCUT2D eigenvalue weighted by Crippen LogP contribution is 2.44. The molecule has 0 spiro atoms. The van der Waals surface area contributed by atoms with Crippen LogP contribution < -0.4 is 26.5 Å². The quantitative estimate of drug-likeness (QED) is 0.0970. The summed E-state index contributed by atoms with van der Waals surface area (Å²) >= 11 is 0. The van der Waals surface area contributed by atoms with Gasteiger partial charge in [-0.3, -0.25) is 19.2 Å². The predicted molar refractivity (Wildman–Crippen MR) is 351 cm³/mol. The number of fused-ring (bicyclic) bond motifs is 8. The average Bonchev–Trinajstić information content (AvgIpc) is 1.41. The SMILES string of the molecule is CC[C@@]1(OC(=O)CN)C(=O)OCc2c1cc1n(c2=O)Cc2cc3cc4c(cc3nc2-1)OCO4.C[C@H]1[C@H](O)[C@@H](C)\C=C/C=C/C=C/C=C/C=C/C=C/C=C/[C@H](O[C@@H]2O[C@H](C)[C@@H](O)[C@H](N)[C@@H]2O)C[C@@H]2O[C@](O)(C[C@@H](O)C[C@@H](O)CC[C@H](O)[C@@H](O)C[C@@H](O)CC(=O)O[C@H]1C)C[C@H](O)[C@H]2C(=O)O. The second-order valence-electron chi connectivity index (χ2n) is 25.7. The van der Waals surface area contributed by atoms with Crippen molar-refractivity contribution in [3.8, 4) is 22.9 Å². The Balaban J connectivity index is 0.000000305. The molecule has 6 aliphatic heterocycles. The van der Waals surface area contributed by atoms with Gasteiger partial charge >= 0.3 is 23.9 Å². The molecule has 9 rings (SSSR count). The Bertz CT molecular complexity index is 3570. The minimum absolute atomic E-state index is 0.0922. The smallest absolute Gasteiger partial charge is 0.355 e. The van der Waals surface area contributed by atoms with E-state index in [0.29, 0.717) is 40.5 Å². The second kappa shape index (κ2) is 34.1. The molecule has 98 heavy (non-hydrogen) atoms. The fourth-order valence-electron chi connectivity index (χ4n) is 12.7. The van der Waals surface area contributed by atoms with Crippen LogP contribution in [0.15, 0.2) is 114 Å². The van der Waals surface area contributed by atoms with Gasteiger partial charge < -0.3 is 110 Å². The van der Waals surface area contributed by atoms with Gasteiger partial charge in [-0.15, -0.1) is 0 Å². The molecule has 2 aromatic heterocycles. The fourth-order valence-corrected chi connectivity index (χ4v) is 12.7. The van der Waals surface area contributed by atoms with E-state index in [-0.39, 0.29) is 62.5 Å². The maximum Gasteiger partial charge on any atom is 0.355 e. The minimum Gasteiger partial charge on any atom is -0.481 e. The number of aliphatic hydroxyl groups excluding tert-OH is 9. The van der Waals surface area contributed by atoms with Gasteiger partial charge in [-0.2, -0.15) is 0 Å². The van der Waals surface area contributed by atoms with Gasteiger partial charge in [-0.25, -0.2) is 9.78 Å². The number of aliphatic carboxylic acids is 1. The predicted octanol–water partition coefficient (Wildman–Crippen LogP) is 2.03. The van der Waals surface area contributed by atoms with E-state index in [1.165, 1.54) is 13.0 Å². The van der Waals surface area contributed by atoms with Crippen LogP contribution in [0.3, 0.4) is 0 Å². The normalized spacial score (nSPS) is 36.8. The molecular formula is C70H92N4O24. The molecule has 0 saturated carbocycles. The summed E-state index contributed by atoms with van der Waals surface area (Å²) in [6.07, 6.45) is 3.64. The number of nitrogens with two attached hydrogens (primary N) is 2. The van der Waals surface area contributed by atoms with Crippen molar-refractivity contribution < 1.29 is 113 Å². The topological polar surface area (TPSA) is 452 Å². The van der Waals surface area contributed by atoms with Gasteiger partial charge in [0.1, 0.15) is 24.7 Å². The van der Waals surface area contributed by atoms with Crippen LogP contribution in [0, 0.1) is 17.8 Å². The molecular weight excluding hydrogens is 1280 g/mol. The third kappa shape index (κ3) is 18.7. The first-order valence-corrected chi connectivity index (χ1v) is 32.9. The lowest BCUT2D eigenvalue weighted by atomic mass is 9.82. The van der Waals surface area contributed by atoms with Gasteiger partial charge in [-0.05, 0) is 57.7 Å². The largest absolute Gasteiger partial charge is 0.481 e. The zero-order valence-electron chi connectivity index (χ0n) is 55.3. The third-order valence-corrected chi connectivity index (χ3v) is 18.4. The van der Waals surface area contributed by atoms with E-state index < -0.39 is 171 Å². The first-order chi connectivity index (χ1) is 46.6. The molecule has 8 heterocycles. The molecule has 1 aromatic carbocycles. The average molecular weight is 1370 g/mol. The number of ether oxygens (including phenoxy) is 8. The number of nitrogens with zero attached hydrogens (tertiary/aromatic N) is 2. The monoisotopic (exact) mass is 1370 g/mol. The van der Waals surface area contributed by atoms with Crippen LogP contribution in [0.1, 0.15) is 109 Å². The first kappa shape index (κ1) is 76.4. The molecule has 2 saturated heterocycles. The van der Waals surface area contributed by atoms with E-state index in [1.807, 2.05) is 25.1 Å². The van der Waals surface area contributed by atoms with E-state index in [9.17, 15) is 80.1 Å². The summed E-state index contributed by atoms with van der Waals surface area (Å²) in [5.41, 5.74) is 12.7. The van der Waals surface area contributed by atoms with Gasteiger partial charge in [0.25, 0.3) is 5.56 Å². The lowest BCUT2D eigenvalue weighted by molar-refractivity contribution is -0.308. The molecule has 0 radical (unpaired) electrons. The number of pyridine rings is 2. The summed E-state index contributed by atoms with van der Waals surface area (Å²) < 4.78 is 46.4. The van der Waals surface area contributed by atoms with E-state index in [1.54, 1.807) is 110 Å². The van der Waals surface area contributed by atoms with Gasteiger partial charge in [0, 0.05) is 60.1 Å². The molecule has 28 nitrogen and oxygen atoms in total. The number of carboxylic acids is 1. The number of hydrogen-bond donors (Lipinski definition) is 13. The van der Waals surface area contributed by atoms with Crippen molar-refractivity contribution in [1.82, 2.24) is 9.55 Å². The zero-order valence-corrected chi connectivity index (χ0v) is 55.3. The molecule has 3 aromatic rings. The van der Waals surface area contributed by atoms with E-state index in [2.05, 4.69) is 0 Å². The van der Waals surface area contributed by atoms with Gasteiger partial charge in [0.2, 0.25) is 12.4 Å². The lowest BCUT2D eigenvalue weighted by Crippen LogP contribution is -2.61. The number of aliphatic hydroxyl groups is 10. The number of allylic oxidation sites excluding steroid dienone is 12. The standard InChI is InChI=1S/C47H73NO17.C23H19N3O7/c1-27-17-15-13-11-9-7-5-6-8-10-12-14-16-18-34(64-46-44(58)41(48)43(57)30(4)63-46)24-38-40(45(59)60)37(54)26-47(61,65-38)25-33(51)21-31(49)19-20-35(52)36(53)22-32(50)23-39(55)62-29(3)28(2)42(27)56;1-2-23(33-19(27)7-24)14-5-16-20-12(8-26(16)21(28)13(14)9-30-22(23)29)3-11-4-17-18(32-10-31-17)6-15(11)25-20/h5-18,27-38,40-44,46,49-54,56-58,61H,19-26,48H2,1-4H3,(H,59,60);3-6H,2,7-10,24H2,1H3/b6-5+,9-7+,10-8+,13-11+,14-12+,17-15-,18-16+;/t27-,28+,29-,30+,31-,32+,33-,34-,35-,36-,37-,38-,40+,41-,42+,43+,44-,46-,47+;23-/m00/s1. The molecule has 6 aliphatic rings. The Hall–Kier alpha value is -7.36. The molecule has 2 bridgehead atoms. The van der Waals surface area contributed by atoms with Crippen molar-refractivity contribution in [1.29, 1.82) is 0 Å². The van der Waals surface area contributed by atoms with Crippen molar-refractivity contribution in [2.45, 2.75) is 209 Å². The number of carboxylic acid groups (broad SMARTS) is 1. The summed E-state index contributed by atoms with van der Waals surface area (Å²) in [5, 5.41) is 119. The lowest BCUT2D eigenvalue weighted by Gasteiger charge is -2.45. The molecule has 2 fully saturated rings. The highest BCUT2D eigenvalue weighted by Gasteiger charge is 2.52. The van der Waals surface area contributed by atoms with Crippen molar-refractivity contribution in [3.63, 3.8) is 0 Å². The summed E-state index contributed by atoms with van der Waals surface area (Å²) in [6.45, 7) is 8.30. The number of hydrogen-bond acceptors (Lipinski definition) is 26. The summed E-state index contributed by atoms with van der Waals surface area (Å²) in [4.78, 5) is 68.2. The minimum atomic E-state index is -2.29. The maximum absolute atomic E-state index is 13.4. The second-order valence-corrected chi connectivity index (χ2v) is 25.7. The Morgan fingerprint density at radius 1 is 0.714 bits per heavy atom. The molecule has 0 aliphatic carbocycles. The highest BCUT2D eigenvalue weighted by molar-refractivity contribution is 5.89. The Kier molecular flexibility index (Phi) is 26.6. The first-order valence-electron chi connectivity index (χ1n) is 32.9. The highest BCUT2D eigenvalue weighted by atomic mass is 16.7. The van der Waals surface area contributed by atoms with Crippen LogP contribution in [-0.4, -0.2) is 200 Å². The van der Waals surface area contributed by atoms with Crippen molar-refractivity contribution >= 4 is 34.8 Å². The Labute approximate surface area is 566 Å². The van der Waals surface area contributed by atoms with E-state index in [4.69, 9.17) is 54.3 Å². The van der Waals surface area contributed by atoms with Crippen LogP contribution in [0.2, 0.25) is 0 Å². The van der Waals surface area contributed by atoms with Crippen molar-refractivity contribution in [2.75, 3.05) is 13.3 Å². The Morgan fingerprint density at radius 3 is 2.00 bits per heavy atom. The van der Waals surface area contributed by atoms with Crippen LogP contribution in [-0.2, 0) is 66.4 Å². The Morgan fingerprint density at radius 2 is 1.36 bits per heavy atom. The molecule has 0 amide bonds. The summed E-state index contributed by atoms with van der Waals surface area (Å²) in [7, 11) is 0. The molecule has 536 valence electrons. The van der Waals surface area contributed by atoms with Gasteiger partial charge in [0.05, 0.1) is 115 Å². The molecule has 28 heteroatoms. The maximum atomic E-state index is 13.4. The molecule has 20 atom stereocenters. The summed E-state index contributed by atoms with van der Waals surface area (Å²) in [5.74, 6) is -7.05. The zero-order chi connectivity index (χ0) is 71.3. The number of benzene rings is 1. The van der Waals surface area contributed by atoms with Crippen LogP contribution in [0.4, 0.5) is 0 Å². The number of cyclic esters (lactones) is 2. The summed E-state index contributed by atoms with van der Waals surface area (Å²) in [6, 6.07) is 6.20. The third-order valence-electron chi connectivity index (χ3n) is 18.4. The van der Waals surface area contributed by atoms with Crippen LogP contribution >= 0.6 is 0 Å². The number of rotatable bonds is 6. The van der Waals surface area contributed by atoms with Gasteiger partial charge in [-0.1, -0.05) is 106 Å². The number of aromatic nitrogens is 2. The number of esters is 3. The van der Waals surface area contributed by atoms with Crippen LogP contribution in [0.5, 0.6) is 11.5 Å². The number of carbonyl (C=O) groups excluding carboxylic acids is 3. The molecule has 0 unspecified atom stereocenters.